The van der Waals surface area contributed by atoms with E-state index in [0.717, 1.165) is 12.0 Å². The van der Waals surface area contributed by atoms with Gasteiger partial charge in [-0.25, -0.2) is 13.1 Å². The van der Waals surface area contributed by atoms with E-state index in [1.165, 1.54) is 0 Å². The fourth-order valence-corrected chi connectivity index (χ4v) is 2.78. The second-order valence-corrected chi connectivity index (χ2v) is 5.52. The molecule has 1 rings (SSSR count). The summed E-state index contributed by atoms with van der Waals surface area (Å²) in [6.45, 7) is 6.48. The minimum atomic E-state index is -3.47. The van der Waals surface area contributed by atoms with Crippen LogP contribution in [0.2, 0.25) is 0 Å². The Morgan fingerprint density at radius 2 is 2.00 bits per heavy atom. The molecule has 0 aromatic heterocycles. The van der Waals surface area contributed by atoms with Gasteiger partial charge < -0.3 is 4.74 Å². The van der Waals surface area contributed by atoms with Gasteiger partial charge in [0.15, 0.2) is 0 Å². The molecule has 1 N–H and O–H groups in total. The van der Waals surface area contributed by atoms with Crippen LogP contribution in [0.5, 0.6) is 5.75 Å². The molecule has 0 spiro atoms. The summed E-state index contributed by atoms with van der Waals surface area (Å²) in [5, 5.41) is 0. The van der Waals surface area contributed by atoms with Crippen LogP contribution in [0.1, 0.15) is 25.8 Å². The summed E-state index contributed by atoms with van der Waals surface area (Å²) in [6.07, 6.45) is 0.759. The molecule has 4 nitrogen and oxygen atoms in total. The number of benzene rings is 1. The Morgan fingerprint density at radius 3 is 2.59 bits per heavy atom. The van der Waals surface area contributed by atoms with E-state index < -0.39 is 10.0 Å². The van der Waals surface area contributed by atoms with Crippen LogP contribution >= 0.6 is 0 Å². The normalized spacial score (nSPS) is 11.5. The molecule has 0 heterocycles. The van der Waals surface area contributed by atoms with E-state index >= 15 is 0 Å². The summed E-state index contributed by atoms with van der Waals surface area (Å²) in [6, 6.07) is 5.16. The van der Waals surface area contributed by atoms with Gasteiger partial charge >= 0.3 is 0 Å². The van der Waals surface area contributed by atoms with E-state index in [-0.39, 0.29) is 4.90 Å². The summed E-state index contributed by atoms with van der Waals surface area (Å²) in [5.41, 5.74) is 0.894. The van der Waals surface area contributed by atoms with Gasteiger partial charge in [-0.1, -0.05) is 13.0 Å². The molecule has 0 aliphatic carbocycles. The Hall–Kier alpha value is -1.07. The van der Waals surface area contributed by atoms with Crippen molar-refractivity contribution < 1.29 is 13.2 Å². The van der Waals surface area contributed by atoms with Crippen molar-refractivity contribution in [2.75, 3.05) is 13.2 Å². The van der Waals surface area contributed by atoms with Crippen LogP contribution in [0.3, 0.4) is 0 Å². The molecule has 1 aromatic rings. The molecule has 0 saturated carbocycles. The number of hydrogen-bond acceptors (Lipinski definition) is 3. The van der Waals surface area contributed by atoms with Crippen molar-refractivity contribution in [2.24, 2.45) is 0 Å². The van der Waals surface area contributed by atoms with E-state index in [0.29, 0.717) is 18.9 Å². The predicted octanol–water partition coefficient (Wildman–Crippen LogP) is 2.08. The standard InChI is InChI=1S/C12H19NO3S/c1-4-8-13-17(14,15)12-9-10(3)6-7-11(12)16-5-2/h6-7,9,13H,4-5,8H2,1-3H3. The number of rotatable bonds is 6. The molecule has 0 unspecified atom stereocenters. The van der Waals surface area contributed by atoms with Crippen molar-refractivity contribution >= 4 is 10.0 Å². The maximum atomic E-state index is 12.0. The van der Waals surface area contributed by atoms with E-state index in [4.69, 9.17) is 4.74 Å². The van der Waals surface area contributed by atoms with Crippen LogP contribution in [-0.2, 0) is 10.0 Å². The Kier molecular flexibility index (Phi) is 4.96. The molecule has 0 aliphatic heterocycles. The quantitative estimate of drug-likeness (QED) is 0.849. The maximum Gasteiger partial charge on any atom is 0.244 e. The van der Waals surface area contributed by atoms with Gasteiger partial charge in [-0.15, -0.1) is 0 Å². The van der Waals surface area contributed by atoms with Crippen molar-refractivity contribution in [3.8, 4) is 5.75 Å². The third kappa shape index (κ3) is 3.71. The highest BCUT2D eigenvalue weighted by molar-refractivity contribution is 7.89. The van der Waals surface area contributed by atoms with Gasteiger partial charge in [0.05, 0.1) is 6.61 Å². The smallest absolute Gasteiger partial charge is 0.244 e. The number of nitrogens with one attached hydrogen (secondary N) is 1. The lowest BCUT2D eigenvalue weighted by Gasteiger charge is -2.12. The Bertz CT molecular complexity index is 469. The summed E-state index contributed by atoms with van der Waals surface area (Å²) < 4.78 is 32.0. The lowest BCUT2D eigenvalue weighted by Crippen LogP contribution is -2.25. The second-order valence-electron chi connectivity index (χ2n) is 3.78. The lowest BCUT2D eigenvalue weighted by atomic mass is 10.2. The minimum absolute atomic E-state index is 0.216. The molecule has 0 amide bonds. The second kappa shape index (κ2) is 6.02. The Balaban J connectivity index is 3.13. The molecule has 96 valence electrons. The van der Waals surface area contributed by atoms with Crippen LogP contribution in [0, 0.1) is 6.92 Å². The van der Waals surface area contributed by atoms with Gasteiger partial charge in [-0.05, 0) is 38.0 Å². The highest BCUT2D eigenvalue weighted by Crippen LogP contribution is 2.24. The van der Waals surface area contributed by atoms with E-state index in [2.05, 4.69) is 4.72 Å². The first-order chi connectivity index (χ1) is 8.01. The average Bonchev–Trinajstić information content (AvgIpc) is 2.29. The molecular weight excluding hydrogens is 238 g/mol. The van der Waals surface area contributed by atoms with E-state index in [9.17, 15) is 8.42 Å². The number of aryl methyl sites for hydroxylation is 1. The molecule has 0 atom stereocenters. The largest absolute Gasteiger partial charge is 0.492 e. The zero-order chi connectivity index (χ0) is 12.9. The van der Waals surface area contributed by atoms with Crippen LogP contribution in [0.25, 0.3) is 0 Å². The maximum absolute atomic E-state index is 12.0. The summed E-state index contributed by atoms with van der Waals surface area (Å²) in [7, 11) is -3.47. The van der Waals surface area contributed by atoms with Crippen LogP contribution in [-0.4, -0.2) is 21.6 Å². The van der Waals surface area contributed by atoms with Crippen LogP contribution < -0.4 is 9.46 Å². The van der Waals surface area contributed by atoms with Crippen molar-refractivity contribution in [2.45, 2.75) is 32.1 Å². The van der Waals surface area contributed by atoms with Gasteiger partial charge in [-0.2, -0.15) is 0 Å². The predicted molar refractivity (Wildman–Crippen MR) is 67.8 cm³/mol. The Labute approximate surface area is 103 Å². The van der Waals surface area contributed by atoms with Crippen molar-refractivity contribution in [1.29, 1.82) is 0 Å². The molecule has 0 fully saturated rings. The molecule has 0 aliphatic rings. The van der Waals surface area contributed by atoms with Crippen molar-refractivity contribution in [3.05, 3.63) is 23.8 Å². The van der Waals surface area contributed by atoms with E-state index in [1.54, 1.807) is 12.1 Å². The number of hydrogen-bond donors (Lipinski definition) is 1. The third-order valence-electron chi connectivity index (χ3n) is 2.23. The molecule has 1 aromatic carbocycles. The third-order valence-corrected chi connectivity index (χ3v) is 3.71. The van der Waals surface area contributed by atoms with E-state index in [1.807, 2.05) is 26.8 Å². The number of sulfonamides is 1. The summed E-state index contributed by atoms with van der Waals surface area (Å²) in [5.74, 6) is 0.404. The molecule has 17 heavy (non-hydrogen) atoms. The summed E-state index contributed by atoms with van der Waals surface area (Å²) in [4.78, 5) is 0.216. The topological polar surface area (TPSA) is 55.4 Å². The monoisotopic (exact) mass is 257 g/mol. The number of ether oxygens (including phenoxy) is 1. The highest BCUT2D eigenvalue weighted by Gasteiger charge is 2.18. The molecule has 0 radical (unpaired) electrons. The minimum Gasteiger partial charge on any atom is -0.492 e. The first kappa shape index (κ1) is 14.0. The molecule has 5 heteroatoms. The van der Waals surface area contributed by atoms with Crippen molar-refractivity contribution in [3.63, 3.8) is 0 Å². The summed E-state index contributed by atoms with van der Waals surface area (Å²) >= 11 is 0. The van der Waals surface area contributed by atoms with Gasteiger partial charge in [-0.3, -0.25) is 0 Å². The molecule has 0 bridgehead atoms. The average molecular weight is 257 g/mol. The zero-order valence-corrected chi connectivity index (χ0v) is 11.3. The Morgan fingerprint density at radius 1 is 1.29 bits per heavy atom. The van der Waals surface area contributed by atoms with Gasteiger partial charge in [0, 0.05) is 6.54 Å². The fourth-order valence-electron chi connectivity index (χ4n) is 1.41. The SMILES string of the molecule is CCCNS(=O)(=O)c1cc(C)ccc1OCC. The first-order valence-electron chi connectivity index (χ1n) is 5.74. The fraction of sp³-hybridized carbons (Fsp3) is 0.500. The highest BCUT2D eigenvalue weighted by atomic mass is 32.2. The van der Waals surface area contributed by atoms with Gasteiger partial charge in [0.1, 0.15) is 10.6 Å². The lowest BCUT2D eigenvalue weighted by molar-refractivity contribution is 0.331. The van der Waals surface area contributed by atoms with Crippen LogP contribution in [0.15, 0.2) is 23.1 Å². The van der Waals surface area contributed by atoms with Gasteiger partial charge in [0.2, 0.25) is 10.0 Å². The zero-order valence-electron chi connectivity index (χ0n) is 10.5. The van der Waals surface area contributed by atoms with Crippen molar-refractivity contribution in [1.82, 2.24) is 4.72 Å². The first-order valence-corrected chi connectivity index (χ1v) is 7.22. The van der Waals surface area contributed by atoms with Crippen LogP contribution in [0.4, 0.5) is 0 Å². The molecule has 0 saturated heterocycles. The van der Waals surface area contributed by atoms with Gasteiger partial charge in [0.25, 0.3) is 0 Å². The molecular formula is C12H19NO3S.